The van der Waals surface area contributed by atoms with Crippen molar-refractivity contribution < 1.29 is 19.0 Å². The largest absolute Gasteiger partial charge is 0.508 e. The molecule has 3 aromatic carbocycles. The number of methoxy groups -OCH3 is 1. The molecule has 4 aromatic rings. The lowest BCUT2D eigenvalue weighted by molar-refractivity contribution is 0.215. The summed E-state index contributed by atoms with van der Waals surface area (Å²) in [5.74, 6) is 2.04. The molecule has 1 aromatic heterocycles. The van der Waals surface area contributed by atoms with Crippen molar-refractivity contribution in [2.75, 3.05) is 12.4 Å². The summed E-state index contributed by atoms with van der Waals surface area (Å²) in [5.41, 5.74) is 1.60. The van der Waals surface area contributed by atoms with Crippen molar-refractivity contribution in [1.82, 2.24) is 4.98 Å². The number of hydrogen-bond donors (Lipinski definition) is 1. The van der Waals surface area contributed by atoms with Crippen molar-refractivity contribution in [1.29, 1.82) is 0 Å². The van der Waals surface area contributed by atoms with E-state index in [2.05, 4.69) is 15.1 Å². The molecule has 4 rings (SSSR count). The van der Waals surface area contributed by atoms with Gasteiger partial charge in [0.15, 0.2) is 0 Å². The Morgan fingerprint density at radius 1 is 0.968 bits per heavy atom. The van der Waals surface area contributed by atoms with Crippen LogP contribution in [0.1, 0.15) is 0 Å². The maximum Gasteiger partial charge on any atom is 0.417 e. The smallest absolute Gasteiger partial charge is 0.417 e. The third-order valence-corrected chi connectivity index (χ3v) is 4.40. The second kappa shape index (κ2) is 8.84. The fourth-order valence-electron chi connectivity index (χ4n) is 2.95. The highest BCUT2D eigenvalue weighted by Gasteiger charge is 2.11. The number of pyridine rings is 1. The van der Waals surface area contributed by atoms with Crippen LogP contribution in [0.25, 0.3) is 15.7 Å². The van der Waals surface area contributed by atoms with Crippen molar-refractivity contribution in [2.24, 2.45) is 0 Å². The van der Waals surface area contributed by atoms with E-state index in [0.717, 1.165) is 0 Å². The molecule has 0 aliphatic carbocycles. The Morgan fingerprint density at radius 3 is 2.45 bits per heavy atom. The predicted molar refractivity (Wildman–Crippen MR) is 117 cm³/mol. The molecule has 0 fully saturated rings. The summed E-state index contributed by atoms with van der Waals surface area (Å²) in [6.07, 6.45) is 1.05. The Bertz CT molecular complexity index is 1270. The molecular weight excluding hydrogens is 394 g/mol. The Labute approximate surface area is 178 Å². The molecule has 0 aliphatic heterocycles. The van der Waals surface area contributed by atoms with Gasteiger partial charge in [0.2, 0.25) is 5.69 Å². The molecule has 1 heterocycles. The average Bonchev–Trinajstić information content (AvgIpc) is 2.80. The highest BCUT2D eigenvalue weighted by Crippen LogP contribution is 2.37. The minimum absolute atomic E-state index is 0.379. The molecule has 31 heavy (non-hydrogen) atoms. The summed E-state index contributed by atoms with van der Waals surface area (Å²) in [6.45, 7) is 7.34. The predicted octanol–water partition coefficient (Wildman–Crippen LogP) is 6.20. The van der Waals surface area contributed by atoms with Crippen LogP contribution in [-0.2, 0) is 0 Å². The van der Waals surface area contributed by atoms with Crippen LogP contribution in [0, 0.1) is 6.57 Å². The van der Waals surface area contributed by atoms with Gasteiger partial charge in [-0.05, 0) is 54.6 Å². The number of aromatic nitrogens is 1. The van der Waals surface area contributed by atoms with Gasteiger partial charge < -0.3 is 14.2 Å². The van der Waals surface area contributed by atoms with E-state index >= 15 is 0 Å². The lowest BCUT2D eigenvalue weighted by atomic mass is 10.1. The number of nitrogens with one attached hydrogen (secondary N) is 1. The van der Waals surface area contributed by atoms with Crippen molar-refractivity contribution in [3.63, 3.8) is 0 Å². The van der Waals surface area contributed by atoms with E-state index in [0.29, 0.717) is 45.3 Å². The number of carbonyl (C=O) groups is 1. The van der Waals surface area contributed by atoms with Crippen molar-refractivity contribution in [3.8, 4) is 23.0 Å². The Kier molecular flexibility index (Phi) is 5.63. The van der Waals surface area contributed by atoms with Gasteiger partial charge in [0.05, 0.1) is 19.2 Å². The minimum Gasteiger partial charge on any atom is -0.508 e. The summed E-state index contributed by atoms with van der Waals surface area (Å²) >= 11 is 0. The van der Waals surface area contributed by atoms with E-state index in [-0.39, 0.29) is 0 Å². The highest BCUT2D eigenvalue weighted by atomic mass is 16.6. The van der Waals surface area contributed by atoms with Gasteiger partial charge in [0.25, 0.3) is 0 Å². The number of nitrogens with zero attached hydrogens (tertiary/aromatic N) is 2. The zero-order valence-electron chi connectivity index (χ0n) is 16.5. The second-order valence-corrected chi connectivity index (χ2v) is 6.42. The lowest BCUT2D eigenvalue weighted by Gasteiger charge is -2.11. The van der Waals surface area contributed by atoms with Gasteiger partial charge in [-0.2, -0.15) is 0 Å². The molecule has 0 bridgehead atoms. The third kappa shape index (κ3) is 4.54. The van der Waals surface area contributed by atoms with Gasteiger partial charge in [-0.3, -0.25) is 10.3 Å². The minimum atomic E-state index is -0.583. The summed E-state index contributed by atoms with van der Waals surface area (Å²) in [4.78, 5) is 19.8. The van der Waals surface area contributed by atoms with Crippen LogP contribution in [0.3, 0.4) is 0 Å². The van der Waals surface area contributed by atoms with Crippen molar-refractivity contribution in [3.05, 3.63) is 90.4 Å². The van der Waals surface area contributed by atoms with Gasteiger partial charge in [-0.15, -0.1) is 0 Å². The number of hydrogen-bond acceptors (Lipinski definition) is 5. The van der Waals surface area contributed by atoms with E-state index in [1.165, 1.54) is 7.11 Å². The Morgan fingerprint density at radius 2 is 1.74 bits per heavy atom. The highest BCUT2D eigenvalue weighted by molar-refractivity contribution is 5.91. The molecular formula is C24H17N3O4. The number of amides is 1. The molecule has 0 saturated heterocycles. The molecule has 0 saturated carbocycles. The summed E-state index contributed by atoms with van der Waals surface area (Å²) < 4.78 is 16.4. The van der Waals surface area contributed by atoms with Gasteiger partial charge in [0.1, 0.15) is 23.0 Å². The van der Waals surface area contributed by atoms with Gasteiger partial charge in [0, 0.05) is 17.3 Å². The van der Waals surface area contributed by atoms with Crippen molar-refractivity contribution in [2.45, 2.75) is 0 Å². The van der Waals surface area contributed by atoms with Gasteiger partial charge in [-0.1, -0.05) is 18.2 Å². The number of fused-ring (bicyclic) bond motifs is 1. The van der Waals surface area contributed by atoms with E-state index in [4.69, 9.17) is 20.8 Å². The normalized spacial score (nSPS) is 10.2. The maximum absolute atomic E-state index is 12.0. The van der Waals surface area contributed by atoms with E-state index in [1.54, 1.807) is 72.9 Å². The molecule has 0 radical (unpaired) electrons. The SMILES string of the molecule is [C-]#[N+]c1cc2c(Oc3ccc(NC(=O)Oc4ccccc4)cc3)ccnc2cc1OC. The van der Waals surface area contributed by atoms with E-state index in [9.17, 15) is 4.79 Å². The lowest BCUT2D eigenvalue weighted by Crippen LogP contribution is -2.16. The Hall–Kier alpha value is -4.57. The number of anilines is 1. The number of ether oxygens (including phenoxy) is 3. The molecule has 0 aliphatic rings. The molecule has 0 unspecified atom stereocenters. The molecule has 1 N–H and O–H groups in total. The van der Waals surface area contributed by atoms with Crippen LogP contribution in [0.15, 0.2) is 79.0 Å². The monoisotopic (exact) mass is 411 g/mol. The number of rotatable bonds is 5. The standard InChI is InChI=1S/C24H17N3O4/c1-25-21-14-19-20(15-23(21)29-2)26-13-12-22(19)30-18-10-8-16(9-11-18)27-24(28)31-17-6-4-3-5-7-17/h3-15H,2H3,(H,27,28). The van der Waals surface area contributed by atoms with Crippen LogP contribution < -0.4 is 19.5 Å². The molecule has 0 atom stereocenters. The fraction of sp³-hybridized carbons (Fsp3) is 0.0417. The molecule has 7 nitrogen and oxygen atoms in total. The van der Waals surface area contributed by atoms with Crippen LogP contribution in [-0.4, -0.2) is 18.2 Å². The van der Waals surface area contributed by atoms with Gasteiger partial charge >= 0.3 is 6.09 Å². The number of para-hydroxylation sites is 1. The first kappa shape index (κ1) is 19.7. The van der Waals surface area contributed by atoms with Crippen molar-refractivity contribution >= 4 is 28.4 Å². The zero-order chi connectivity index (χ0) is 21.6. The first-order valence-electron chi connectivity index (χ1n) is 9.32. The van der Waals surface area contributed by atoms with Crippen LogP contribution in [0.2, 0.25) is 0 Å². The third-order valence-electron chi connectivity index (χ3n) is 4.40. The first-order valence-corrected chi connectivity index (χ1v) is 9.32. The number of carbonyl (C=O) groups excluding carboxylic acids is 1. The summed E-state index contributed by atoms with van der Waals surface area (Å²) in [6, 6.07) is 20.8. The van der Waals surface area contributed by atoms with E-state index in [1.807, 2.05) is 6.07 Å². The molecule has 0 spiro atoms. The van der Waals surface area contributed by atoms with Crippen LogP contribution >= 0.6 is 0 Å². The quantitative estimate of drug-likeness (QED) is 0.396. The zero-order valence-corrected chi connectivity index (χ0v) is 16.5. The molecule has 152 valence electrons. The second-order valence-electron chi connectivity index (χ2n) is 6.42. The Balaban J connectivity index is 1.49. The van der Waals surface area contributed by atoms with Crippen LogP contribution in [0.4, 0.5) is 16.2 Å². The fourth-order valence-corrected chi connectivity index (χ4v) is 2.95. The molecule has 7 heteroatoms. The summed E-state index contributed by atoms with van der Waals surface area (Å²) in [7, 11) is 1.52. The summed E-state index contributed by atoms with van der Waals surface area (Å²) in [5, 5.41) is 3.36. The maximum atomic E-state index is 12.0. The topological polar surface area (TPSA) is 74.0 Å². The number of benzene rings is 3. The molecule has 1 amide bonds. The van der Waals surface area contributed by atoms with Gasteiger partial charge in [-0.25, -0.2) is 9.64 Å². The van der Waals surface area contributed by atoms with Crippen LogP contribution in [0.5, 0.6) is 23.0 Å². The first-order chi connectivity index (χ1) is 15.2. The van der Waals surface area contributed by atoms with E-state index < -0.39 is 6.09 Å². The average molecular weight is 411 g/mol.